The first-order valence-electron chi connectivity index (χ1n) is 1.33. The van der Waals surface area contributed by atoms with Crippen molar-refractivity contribution < 1.29 is 78.9 Å². The Bertz CT molecular complexity index is 157. The normalized spacial score (nSPS) is 11.1. The van der Waals surface area contributed by atoms with Gasteiger partial charge in [0.15, 0.2) is 0 Å². The molecule has 0 rings (SSSR count). The summed E-state index contributed by atoms with van der Waals surface area (Å²) >= 11 is 0. The van der Waals surface area contributed by atoms with Crippen LogP contribution < -0.4 is 51.4 Å². The third-order valence-corrected chi connectivity index (χ3v) is 0.918. The average Bonchev–Trinajstić information content (AvgIpc) is 1.67. The summed E-state index contributed by atoms with van der Waals surface area (Å²) in [6.45, 7) is 0. The molecule has 8 heteroatoms. The predicted octanol–water partition coefficient (Wildman–Crippen LogP) is -2.44. The molecule has 0 radical (unpaired) electrons. The van der Waals surface area contributed by atoms with Crippen LogP contribution in [0.2, 0.25) is 0 Å². The molecule has 0 aliphatic carbocycles. The van der Waals surface area contributed by atoms with Crippen LogP contribution in [0.5, 0.6) is 0 Å². The van der Waals surface area contributed by atoms with Crippen molar-refractivity contribution in [3.63, 3.8) is 0 Å². The van der Waals surface area contributed by atoms with Gasteiger partial charge in [0.05, 0.1) is 0 Å². The van der Waals surface area contributed by atoms with Gasteiger partial charge in [0, 0.05) is 0 Å². The van der Waals surface area contributed by atoms with Crippen LogP contribution in [-0.4, -0.2) is 14.2 Å². The quantitative estimate of drug-likeness (QED) is 0.454. The summed E-state index contributed by atoms with van der Waals surface area (Å²) in [5.74, 6) is -3.81. The molecule has 0 saturated heterocycles. The third-order valence-electron chi connectivity index (χ3n) is 0.306. The Morgan fingerprint density at radius 1 is 1.44 bits per heavy atom. The zero-order valence-electron chi connectivity index (χ0n) is 5.34. The van der Waals surface area contributed by atoms with Crippen LogP contribution in [-0.2, 0) is 14.5 Å². The standard InChI is InChI=1S/CHF3O3S.K.H/c2-1(3)8(5,6)7-4;;/h1H;;/q;+1;-1. The van der Waals surface area contributed by atoms with Crippen molar-refractivity contribution in [1.82, 2.24) is 0 Å². The molecule has 0 aliphatic heterocycles. The molecule has 0 N–H and O–H groups in total. The maximum atomic E-state index is 10.9. The van der Waals surface area contributed by atoms with Crippen LogP contribution in [0.25, 0.3) is 0 Å². The summed E-state index contributed by atoms with van der Waals surface area (Å²) in [5, 5.41) is 0. The van der Waals surface area contributed by atoms with Gasteiger partial charge in [-0.15, -0.1) is 0 Å². The van der Waals surface area contributed by atoms with Crippen molar-refractivity contribution in [2.75, 3.05) is 0 Å². The average molecular weight is 190 g/mol. The Balaban J connectivity index is -0.000000245. The second-order valence-electron chi connectivity index (χ2n) is 0.816. The van der Waals surface area contributed by atoms with E-state index >= 15 is 0 Å². The van der Waals surface area contributed by atoms with E-state index in [0.29, 0.717) is 0 Å². The van der Waals surface area contributed by atoms with Gasteiger partial charge in [-0.2, -0.15) is 17.2 Å². The van der Waals surface area contributed by atoms with Gasteiger partial charge in [-0.3, -0.25) is 0 Å². The SMILES string of the molecule is O=S(=O)(OF)C(F)F.[H-].[K+]. The molecule has 52 valence electrons. The topological polar surface area (TPSA) is 43.4 Å². The minimum absolute atomic E-state index is 0. The van der Waals surface area contributed by atoms with E-state index in [9.17, 15) is 21.7 Å². The van der Waals surface area contributed by atoms with Crippen LogP contribution >= 0.6 is 0 Å². The maximum absolute atomic E-state index is 10.9. The fourth-order valence-corrected chi connectivity index (χ4v) is 0.0825. The van der Waals surface area contributed by atoms with Gasteiger partial charge in [0.1, 0.15) is 0 Å². The van der Waals surface area contributed by atoms with Gasteiger partial charge in [0.2, 0.25) is 0 Å². The van der Waals surface area contributed by atoms with Gasteiger partial charge in [0.25, 0.3) is 0 Å². The fourth-order valence-electron chi connectivity index (χ4n) is 0.0275. The van der Waals surface area contributed by atoms with Crippen LogP contribution in [0.3, 0.4) is 0 Å². The van der Waals surface area contributed by atoms with Gasteiger partial charge in [-0.05, 0) is 4.53 Å². The molecular weight excluding hydrogens is 188 g/mol. The number of rotatable bonds is 2. The Morgan fingerprint density at radius 3 is 1.78 bits per heavy atom. The van der Waals surface area contributed by atoms with E-state index in [4.69, 9.17) is 0 Å². The number of alkyl halides is 2. The molecule has 0 heterocycles. The first-order valence-corrected chi connectivity index (χ1v) is 2.80. The molecule has 0 atom stereocenters. The van der Waals surface area contributed by atoms with Crippen molar-refractivity contribution >= 4 is 10.1 Å². The van der Waals surface area contributed by atoms with E-state index in [1.54, 1.807) is 0 Å². The van der Waals surface area contributed by atoms with E-state index in [1.807, 2.05) is 4.39 Å². The van der Waals surface area contributed by atoms with Crippen molar-refractivity contribution in [2.24, 2.45) is 0 Å². The second kappa shape index (κ2) is 5.05. The first kappa shape index (κ1) is 13.0. The van der Waals surface area contributed by atoms with E-state index in [-0.39, 0.29) is 52.8 Å². The van der Waals surface area contributed by atoms with E-state index in [2.05, 4.69) is 0 Å². The minimum Gasteiger partial charge on any atom is -1.00 e. The van der Waals surface area contributed by atoms with Crippen molar-refractivity contribution in [1.29, 1.82) is 0 Å². The molecule has 0 unspecified atom stereocenters. The summed E-state index contributed by atoms with van der Waals surface area (Å²) in [7, 11) is -5.24. The number of halogens is 3. The number of hydrogen-bond acceptors (Lipinski definition) is 3. The van der Waals surface area contributed by atoms with Gasteiger partial charge >= 0.3 is 67.3 Å². The fraction of sp³-hybridized carbons (Fsp3) is 1.00. The predicted molar refractivity (Wildman–Crippen MR) is 18.2 cm³/mol. The van der Waals surface area contributed by atoms with Gasteiger partial charge in [-0.25, -0.2) is 0 Å². The third kappa shape index (κ3) is 4.70. The molecule has 0 amide bonds. The Morgan fingerprint density at radius 2 is 1.78 bits per heavy atom. The molecule has 0 bridgehead atoms. The molecule has 0 fully saturated rings. The Labute approximate surface area is 93.5 Å². The summed E-state index contributed by atoms with van der Waals surface area (Å²) in [6.07, 6.45) is 0. The van der Waals surface area contributed by atoms with Gasteiger partial charge < -0.3 is 1.43 Å². The summed E-state index contributed by atoms with van der Waals surface area (Å²) in [4.78, 5) is 0. The van der Waals surface area contributed by atoms with Gasteiger partial charge in [-0.1, -0.05) is 4.39 Å². The van der Waals surface area contributed by atoms with Crippen LogP contribution in [0.15, 0.2) is 0 Å². The van der Waals surface area contributed by atoms with Crippen LogP contribution in [0, 0.1) is 0 Å². The summed E-state index contributed by atoms with van der Waals surface area (Å²) < 4.78 is 52.8. The van der Waals surface area contributed by atoms with E-state index in [1.165, 1.54) is 0 Å². The van der Waals surface area contributed by atoms with Crippen LogP contribution in [0.4, 0.5) is 13.3 Å². The largest absolute Gasteiger partial charge is 1.00 e. The van der Waals surface area contributed by atoms with Crippen LogP contribution in [0.1, 0.15) is 1.43 Å². The molecule has 0 aromatic rings. The first-order chi connectivity index (χ1) is 3.50. The monoisotopic (exact) mass is 190 g/mol. The molecule has 0 aliphatic rings. The second-order valence-corrected chi connectivity index (χ2v) is 2.28. The summed E-state index contributed by atoms with van der Waals surface area (Å²) in [5.41, 5.74) is 0. The maximum Gasteiger partial charge on any atom is 1.00 e. The van der Waals surface area contributed by atoms with E-state index in [0.717, 1.165) is 0 Å². The molecule has 0 aromatic carbocycles. The molecule has 0 aromatic heterocycles. The molecule has 0 saturated carbocycles. The summed E-state index contributed by atoms with van der Waals surface area (Å²) in [6, 6.07) is 0. The molecule has 0 spiro atoms. The van der Waals surface area contributed by atoms with Crippen molar-refractivity contribution in [3.8, 4) is 0 Å². The molecule has 9 heavy (non-hydrogen) atoms. The van der Waals surface area contributed by atoms with E-state index < -0.39 is 15.9 Å². The van der Waals surface area contributed by atoms with Crippen molar-refractivity contribution in [3.05, 3.63) is 0 Å². The molecule has 3 nitrogen and oxygen atoms in total. The smallest absolute Gasteiger partial charge is 1.00 e. The Hall–Kier alpha value is 1.34. The zero-order valence-corrected chi connectivity index (χ0v) is 8.28. The van der Waals surface area contributed by atoms with Crippen molar-refractivity contribution in [2.45, 2.75) is 5.76 Å². The number of hydrogen-bond donors (Lipinski definition) is 0. The molecular formula is CH2F3KO3S. The Kier molecular flexibility index (Phi) is 7.27. The minimum atomic E-state index is -5.24. The zero-order chi connectivity index (χ0) is 6.78.